The number of para-hydroxylation sites is 1. The number of amides is 5. The summed E-state index contributed by atoms with van der Waals surface area (Å²) in [5.41, 5.74) is 83.2. The van der Waals surface area contributed by atoms with Gasteiger partial charge < -0.3 is 115 Å². The number of nitrogens with one attached hydrogen (secondary N) is 8. The van der Waals surface area contributed by atoms with Gasteiger partial charge in [-0.15, -0.1) is 0 Å². The number of H-pyrrole nitrogens is 1. The molecule has 0 radical (unpaired) electrons. The molecule has 0 aliphatic rings. The fourth-order valence-corrected chi connectivity index (χ4v) is 15.2. The molecule has 0 aliphatic carbocycles. The summed E-state index contributed by atoms with van der Waals surface area (Å²) < 4.78 is 16.6. The van der Waals surface area contributed by atoms with Crippen molar-refractivity contribution in [2.45, 2.75) is 158 Å². The van der Waals surface area contributed by atoms with Crippen molar-refractivity contribution < 1.29 is 52.6 Å². The van der Waals surface area contributed by atoms with E-state index in [1.54, 1.807) is 6.92 Å². The van der Waals surface area contributed by atoms with Crippen molar-refractivity contribution in [1.29, 1.82) is 0 Å². The number of esters is 3. The number of nitrogens with two attached hydrogens (primary N) is 12. The lowest BCUT2D eigenvalue weighted by molar-refractivity contribution is -0.150. The van der Waals surface area contributed by atoms with Crippen LogP contribution in [0.15, 0.2) is 332 Å². The maximum Gasteiger partial charge on any atom is 0.328 e. The highest BCUT2D eigenvalue weighted by Gasteiger charge is 2.30. The van der Waals surface area contributed by atoms with Crippen LogP contribution in [0, 0.1) is 0 Å². The van der Waals surface area contributed by atoms with Crippen LogP contribution in [-0.2, 0) is 91.6 Å². The Hall–Kier alpha value is -15.7. The molecule has 0 spiro atoms. The van der Waals surface area contributed by atoms with Gasteiger partial charge in [-0.05, 0) is 191 Å². The number of carbonyl (C=O) groups is 8. The number of aliphatic imine (C=N–C) groups is 2. The van der Waals surface area contributed by atoms with Gasteiger partial charge in [0.15, 0.2) is 11.9 Å². The molecule has 0 saturated heterocycles. The Morgan fingerprint density at radius 2 is 0.653 bits per heavy atom. The van der Waals surface area contributed by atoms with Crippen LogP contribution in [0.25, 0.3) is 66.2 Å². The Labute approximate surface area is 839 Å². The normalized spacial score (nSPS) is 12.6. The van der Waals surface area contributed by atoms with E-state index in [-0.39, 0.29) is 37.6 Å². The maximum absolute atomic E-state index is 13.4. The number of ether oxygens (including phenoxy) is 3. The molecule has 12 aromatic carbocycles. The van der Waals surface area contributed by atoms with Gasteiger partial charge in [-0.1, -0.05) is 297 Å². The number of benzene rings is 12. The molecule has 144 heavy (non-hydrogen) atoms. The lowest BCUT2D eigenvalue weighted by atomic mass is 10.0. The van der Waals surface area contributed by atoms with Crippen molar-refractivity contribution >= 4 is 86.7 Å². The first-order valence-corrected chi connectivity index (χ1v) is 47.9. The van der Waals surface area contributed by atoms with Crippen LogP contribution in [0.4, 0.5) is 5.69 Å². The molecular formula is C111H134N22O11. The first-order chi connectivity index (χ1) is 69.6. The van der Waals surface area contributed by atoms with E-state index in [0.29, 0.717) is 102 Å². The SMILES string of the molecule is C[C@H](N)C(=O)N[C@@H](CCCN=C(N)N)C(=O)OCc1ccc(-c2ccccc2)cc1.NC(N)=NCCC[C@H](N)C(=O)N[C@@H](Cc1c[nH]c2ccccc12)C(=O)Nc1ccc2ccccc2c1.NC(N)NCCC[C@H](NC(=O)[C@@H](N)Cc1ccc(-c2ccccc2)cc1)C(=O)OCc1ccc(-c2ccccc2)cc1.NC(N)NCCC[C@H](NC(=O)[C@@H](N)Cc1ccccc1)C(=O)OCc1ccc(-c2ccccc2)cc1. The molecule has 8 atom stereocenters. The summed E-state index contributed by atoms with van der Waals surface area (Å²) in [6.07, 6.45) is 5.13. The molecule has 5 amide bonds. The maximum atomic E-state index is 13.4. The van der Waals surface area contributed by atoms with E-state index >= 15 is 0 Å². The first-order valence-electron chi connectivity index (χ1n) is 47.9. The molecule has 0 aliphatic heterocycles. The summed E-state index contributed by atoms with van der Waals surface area (Å²) >= 11 is 0. The third kappa shape index (κ3) is 38.4. The monoisotopic (exact) mass is 1950 g/mol. The molecule has 33 heteroatoms. The molecule has 754 valence electrons. The second-order valence-electron chi connectivity index (χ2n) is 34.6. The zero-order valence-electron chi connectivity index (χ0n) is 80.9. The number of guanidine groups is 2. The Bertz CT molecular complexity index is 6200. The van der Waals surface area contributed by atoms with E-state index in [1.165, 1.54) is 0 Å². The Morgan fingerprint density at radius 1 is 0.319 bits per heavy atom. The van der Waals surface area contributed by atoms with Gasteiger partial charge in [0.05, 0.1) is 24.2 Å². The van der Waals surface area contributed by atoms with E-state index in [1.807, 2.05) is 322 Å². The molecular weight excluding hydrogens is 1820 g/mol. The highest BCUT2D eigenvalue weighted by atomic mass is 16.5. The van der Waals surface area contributed by atoms with Gasteiger partial charge in [-0.2, -0.15) is 0 Å². The summed E-state index contributed by atoms with van der Waals surface area (Å²) in [6, 6.07) is 95.9. The van der Waals surface area contributed by atoms with Gasteiger partial charge in [0.25, 0.3) is 0 Å². The van der Waals surface area contributed by atoms with Gasteiger partial charge in [-0.3, -0.25) is 44.6 Å². The minimum Gasteiger partial charge on any atom is -0.459 e. The van der Waals surface area contributed by atoms with Crippen LogP contribution < -0.4 is 106 Å². The molecule has 32 N–H and O–H groups in total. The van der Waals surface area contributed by atoms with Crippen LogP contribution in [0.5, 0.6) is 0 Å². The molecule has 0 saturated carbocycles. The van der Waals surface area contributed by atoms with Crippen LogP contribution in [0.1, 0.15) is 91.7 Å². The third-order valence-electron chi connectivity index (χ3n) is 23.1. The Kier molecular flexibility index (Phi) is 45.3. The van der Waals surface area contributed by atoms with Crippen molar-refractivity contribution in [2.75, 3.05) is 31.5 Å². The number of aromatic amines is 1. The summed E-state index contributed by atoms with van der Waals surface area (Å²) in [5, 5.41) is 22.9. The molecule has 0 fully saturated rings. The number of carbonyl (C=O) groups excluding carboxylic acids is 8. The van der Waals surface area contributed by atoms with Crippen molar-refractivity contribution in [3.8, 4) is 44.5 Å². The van der Waals surface area contributed by atoms with E-state index in [0.717, 1.165) is 99.6 Å². The second-order valence-corrected chi connectivity index (χ2v) is 34.6. The predicted octanol–water partition coefficient (Wildman–Crippen LogP) is 9.36. The topological polar surface area (TPSA) is 601 Å². The Balaban J connectivity index is 0.000000198. The number of fused-ring (bicyclic) bond motifs is 2. The molecule has 1 aromatic heterocycles. The number of hydrogen-bond donors (Lipinski definition) is 20. The smallest absolute Gasteiger partial charge is 0.328 e. The quantitative estimate of drug-likeness (QED) is 0.00421. The van der Waals surface area contributed by atoms with E-state index in [9.17, 15) is 38.4 Å². The zero-order valence-corrected chi connectivity index (χ0v) is 80.9. The van der Waals surface area contributed by atoms with E-state index in [4.69, 9.17) is 83.0 Å². The van der Waals surface area contributed by atoms with Gasteiger partial charge in [0, 0.05) is 42.3 Å². The van der Waals surface area contributed by atoms with Gasteiger partial charge >= 0.3 is 17.9 Å². The minimum atomic E-state index is -0.858. The van der Waals surface area contributed by atoms with Gasteiger partial charge in [0.2, 0.25) is 29.5 Å². The van der Waals surface area contributed by atoms with Crippen LogP contribution >= 0.6 is 0 Å². The number of nitrogens with zero attached hydrogens (tertiary/aromatic N) is 2. The minimum absolute atomic E-state index is 0.00261. The molecule has 13 aromatic rings. The first kappa shape index (κ1) is 110. The highest BCUT2D eigenvalue weighted by molar-refractivity contribution is 6.00. The molecule has 0 unspecified atom stereocenters. The predicted molar refractivity (Wildman–Crippen MR) is 569 cm³/mol. The molecule has 33 nitrogen and oxygen atoms in total. The summed E-state index contributed by atoms with van der Waals surface area (Å²) in [6.45, 7) is 3.55. The molecule has 13 rings (SSSR count). The highest BCUT2D eigenvalue weighted by Crippen LogP contribution is 2.27. The average molecular weight is 1950 g/mol. The second kappa shape index (κ2) is 59.2. The van der Waals surface area contributed by atoms with Crippen molar-refractivity contribution in [2.24, 2.45) is 78.8 Å². The van der Waals surface area contributed by atoms with Crippen LogP contribution in [0.3, 0.4) is 0 Å². The summed E-state index contributed by atoms with van der Waals surface area (Å²) in [4.78, 5) is 114. The van der Waals surface area contributed by atoms with Crippen molar-refractivity contribution in [1.82, 2.24) is 36.9 Å². The Morgan fingerprint density at radius 3 is 1.06 bits per heavy atom. The third-order valence-corrected chi connectivity index (χ3v) is 23.1. The van der Waals surface area contributed by atoms with Crippen LogP contribution in [-0.4, -0.2) is 151 Å². The van der Waals surface area contributed by atoms with Gasteiger partial charge in [0.1, 0.15) is 56.6 Å². The van der Waals surface area contributed by atoms with Gasteiger partial charge in [-0.25, -0.2) is 14.4 Å². The van der Waals surface area contributed by atoms with E-state index in [2.05, 4.69) is 52.2 Å². The molecule has 1 heterocycles. The zero-order chi connectivity index (χ0) is 103. The fraction of sp³-hybridized carbons (Fsp3) is 0.261. The van der Waals surface area contributed by atoms with E-state index < -0.39 is 102 Å². The summed E-state index contributed by atoms with van der Waals surface area (Å²) in [7, 11) is 0. The van der Waals surface area contributed by atoms with Crippen molar-refractivity contribution in [3.05, 3.63) is 355 Å². The number of anilines is 1. The summed E-state index contributed by atoms with van der Waals surface area (Å²) in [5.74, 6) is -3.56. The number of hydrogen-bond acceptors (Lipinski definition) is 23. The standard InChI is InChI=1S/C34H39N5O3.C28H35N5O3.C27H31N7O2.C22H29N5O3/c35-30(22-24-13-17-28(18-14-24)26-8-3-1-4-9-26)32(40)39-31(12-7-21-38-34(36)37)33(41)42-23-25-15-19-29(20-16-25)27-10-5-2-6-11-27;29-24(18-20-8-3-1-4-9-20)26(34)33-25(12-7-17-32-28(30)31)27(35)36-19-21-13-15-23(16-14-21)22-10-5-2-6-11-22;28-22(9-5-13-31-27(29)30)25(35)34-24(15-19-16-32-23-10-4-3-8-21(19)23)26(36)33-20-12-11-17-6-1-2-7-18(17)14-20;1-15(23)20(28)27-19(8-5-13-26-22(24)25)21(29)30-14-16-9-11-18(12-10-16)17-6-3-2-4-7-17/h1-6,8-11,13-20,30-31,34,38H,7,12,21-23,35-37H2,(H,39,40);1-6,8-11,13-16,24-25,28,32H,7,12,17-19,29-31H2,(H,33,34);1-4,6-8,10-12,14,16,22,24,32H,5,9,13,15,28H2,(H,33,36)(H,34,35)(H4,29,30,31);2-4,6-7,9-12,15,19H,5,8,13-14,23H2,1H3,(H,27,28)(H4,24,25,26)/t30-,31-;24-,25-;22-,24-;15-,19-/m0000/s1. The number of aromatic nitrogens is 1. The van der Waals surface area contributed by atoms with Crippen LogP contribution in [0.2, 0.25) is 0 Å². The van der Waals surface area contributed by atoms with Crippen molar-refractivity contribution in [3.63, 3.8) is 0 Å². The molecule has 0 bridgehead atoms. The number of rotatable bonds is 47. The fourth-order valence-electron chi connectivity index (χ4n) is 15.2. The largest absolute Gasteiger partial charge is 0.459 e. The lowest BCUT2D eigenvalue weighted by Gasteiger charge is -2.21. The average Bonchev–Trinajstić information content (AvgIpc) is 1.63. The lowest BCUT2D eigenvalue weighted by Crippen LogP contribution is -2.51.